The number of nitrogens with zero attached hydrogens (tertiary/aromatic N) is 2. The van der Waals surface area contributed by atoms with Gasteiger partial charge < -0.3 is 5.11 Å². The molecule has 0 unspecified atom stereocenters. The largest absolute Gasteiger partial charge is 0.392 e. The molecular formula is C11H13FN2O3. The van der Waals surface area contributed by atoms with E-state index in [1.807, 2.05) is 4.90 Å². The molecule has 1 heterocycles. The highest BCUT2D eigenvalue weighted by atomic mass is 19.1. The summed E-state index contributed by atoms with van der Waals surface area (Å²) in [4.78, 5) is 11.9. The first-order valence-electron chi connectivity index (χ1n) is 5.39. The maximum Gasteiger partial charge on any atom is 0.272 e. The zero-order valence-electron chi connectivity index (χ0n) is 9.17. The van der Waals surface area contributed by atoms with Crippen molar-refractivity contribution >= 4 is 5.69 Å². The lowest BCUT2D eigenvalue weighted by molar-refractivity contribution is -0.385. The normalized spacial score (nSPS) is 20.7. The molecule has 92 valence electrons. The quantitative estimate of drug-likeness (QED) is 0.638. The Hall–Kier alpha value is -1.53. The van der Waals surface area contributed by atoms with Crippen LogP contribution in [0.25, 0.3) is 0 Å². The van der Waals surface area contributed by atoms with Gasteiger partial charge in [-0.15, -0.1) is 0 Å². The van der Waals surface area contributed by atoms with Crippen LogP contribution in [0.3, 0.4) is 0 Å². The van der Waals surface area contributed by atoms with Crippen LogP contribution in [0.5, 0.6) is 0 Å². The van der Waals surface area contributed by atoms with E-state index in [9.17, 15) is 19.6 Å². The topological polar surface area (TPSA) is 66.6 Å². The number of rotatable bonds is 3. The zero-order chi connectivity index (χ0) is 12.4. The monoisotopic (exact) mass is 240 g/mol. The first-order chi connectivity index (χ1) is 8.04. The van der Waals surface area contributed by atoms with E-state index in [0.29, 0.717) is 25.1 Å². The van der Waals surface area contributed by atoms with Gasteiger partial charge in [0.2, 0.25) is 0 Å². The summed E-state index contributed by atoms with van der Waals surface area (Å²) < 4.78 is 13.2. The predicted octanol–water partition coefficient (Wildman–Crippen LogP) is 1.30. The van der Waals surface area contributed by atoms with Crippen molar-refractivity contribution in [3.8, 4) is 0 Å². The third-order valence-corrected chi connectivity index (χ3v) is 2.81. The van der Waals surface area contributed by atoms with Crippen molar-refractivity contribution in [2.45, 2.75) is 19.1 Å². The van der Waals surface area contributed by atoms with E-state index in [1.54, 1.807) is 0 Å². The van der Waals surface area contributed by atoms with Crippen molar-refractivity contribution in [1.29, 1.82) is 0 Å². The highest BCUT2D eigenvalue weighted by Gasteiger charge is 2.21. The van der Waals surface area contributed by atoms with Gasteiger partial charge in [0.15, 0.2) is 0 Å². The SMILES string of the molecule is O=[N+]([O-])c1cc(F)cc(CN2CC[C@@H](O)C2)c1. The lowest BCUT2D eigenvalue weighted by Gasteiger charge is -2.14. The second-order valence-corrected chi connectivity index (χ2v) is 4.25. The van der Waals surface area contributed by atoms with E-state index in [-0.39, 0.29) is 11.8 Å². The molecule has 0 spiro atoms. The Morgan fingerprint density at radius 3 is 2.88 bits per heavy atom. The molecule has 1 aliphatic heterocycles. The summed E-state index contributed by atoms with van der Waals surface area (Å²) in [5, 5.41) is 19.9. The van der Waals surface area contributed by atoms with Gasteiger partial charge in [-0.2, -0.15) is 0 Å². The molecule has 1 fully saturated rings. The van der Waals surface area contributed by atoms with Crippen LogP contribution in [0.4, 0.5) is 10.1 Å². The third kappa shape index (κ3) is 2.98. The summed E-state index contributed by atoms with van der Waals surface area (Å²) in [5.41, 5.74) is 0.325. The molecule has 1 N–H and O–H groups in total. The minimum atomic E-state index is -0.606. The molecule has 17 heavy (non-hydrogen) atoms. The molecule has 0 amide bonds. The number of hydrogen-bond donors (Lipinski definition) is 1. The molecule has 1 aromatic carbocycles. The first-order valence-corrected chi connectivity index (χ1v) is 5.39. The van der Waals surface area contributed by atoms with Gasteiger partial charge in [0, 0.05) is 25.7 Å². The van der Waals surface area contributed by atoms with Crippen molar-refractivity contribution in [2.75, 3.05) is 13.1 Å². The van der Waals surface area contributed by atoms with Gasteiger partial charge in [-0.25, -0.2) is 4.39 Å². The van der Waals surface area contributed by atoms with E-state index < -0.39 is 10.7 Å². The number of aliphatic hydroxyl groups is 1. The van der Waals surface area contributed by atoms with Crippen molar-refractivity contribution in [3.63, 3.8) is 0 Å². The van der Waals surface area contributed by atoms with E-state index in [2.05, 4.69) is 0 Å². The van der Waals surface area contributed by atoms with Crippen LogP contribution in [-0.4, -0.2) is 34.1 Å². The Morgan fingerprint density at radius 1 is 1.53 bits per heavy atom. The molecular weight excluding hydrogens is 227 g/mol. The fourth-order valence-corrected chi connectivity index (χ4v) is 2.04. The van der Waals surface area contributed by atoms with Gasteiger partial charge >= 0.3 is 0 Å². The number of aliphatic hydroxyl groups excluding tert-OH is 1. The molecule has 1 aromatic rings. The highest BCUT2D eigenvalue weighted by molar-refractivity contribution is 5.35. The molecule has 0 radical (unpaired) electrons. The summed E-state index contributed by atoms with van der Waals surface area (Å²) in [6, 6.07) is 3.56. The molecule has 2 rings (SSSR count). The molecule has 6 heteroatoms. The molecule has 0 bridgehead atoms. The standard InChI is InChI=1S/C11H13FN2O3/c12-9-3-8(4-10(5-9)14(16)17)6-13-2-1-11(15)7-13/h3-5,11,15H,1-2,6-7H2/t11-/m1/s1. The number of halogens is 1. The average Bonchev–Trinajstić information content (AvgIpc) is 2.63. The maximum absolute atomic E-state index is 13.2. The highest BCUT2D eigenvalue weighted by Crippen LogP contribution is 2.19. The Morgan fingerprint density at radius 2 is 2.29 bits per heavy atom. The first kappa shape index (κ1) is 11.9. The van der Waals surface area contributed by atoms with Gasteiger partial charge in [-0.05, 0) is 18.1 Å². The Labute approximate surface area is 97.6 Å². The van der Waals surface area contributed by atoms with Crippen LogP contribution in [0.1, 0.15) is 12.0 Å². The Kier molecular flexibility index (Phi) is 3.35. The molecule has 0 saturated carbocycles. The van der Waals surface area contributed by atoms with Crippen LogP contribution in [0, 0.1) is 15.9 Å². The number of benzene rings is 1. The summed E-state index contributed by atoms with van der Waals surface area (Å²) in [6.45, 7) is 1.69. The lowest BCUT2D eigenvalue weighted by atomic mass is 10.2. The van der Waals surface area contributed by atoms with Gasteiger partial charge in [-0.3, -0.25) is 15.0 Å². The predicted molar refractivity (Wildman–Crippen MR) is 59.0 cm³/mol. The van der Waals surface area contributed by atoms with Crippen LogP contribution in [0.15, 0.2) is 18.2 Å². The summed E-state index contributed by atoms with van der Waals surface area (Å²) in [7, 11) is 0. The zero-order valence-corrected chi connectivity index (χ0v) is 9.17. The van der Waals surface area contributed by atoms with Crippen molar-refractivity contribution in [2.24, 2.45) is 0 Å². The van der Waals surface area contributed by atoms with Gasteiger partial charge in [0.1, 0.15) is 5.82 Å². The third-order valence-electron chi connectivity index (χ3n) is 2.81. The molecule has 1 aliphatic rings. The van der Waals surface area contributed by atoms with Crippen LogP contribution < -0.4 is 0 Å². The molecule has 1 atom stereocenters. The molecule has 0 aliphatic carbocycles. The summed E-state index contributed by atoms with van der Waals surface area (Å²) in [6.07, 6.45) is 0.343. The number of hydrogen-bond acceptors (Lipinski definition) is 4. The van der Waals surface area contributed by atoms with Crippen molar-refractivity contribution < 1.29 is 14.4 Å². The lowest BCUT2D eigenvalue weighted by Crippen LogP contribution is -2.21. The molecule has 1 saturated heterocycles. The van der Waals surface area contributed by atoms with Gasteiger partial charge in [0.25, 0.3) is 5.69 Å². The van der Waals surface area contributed by atoms with Gasteiger partial charge in [0.05, 0.1) is 17.1 Å². The molecule has 0 aromatic heterocycles. The van der Waals surface area contributed by atoms with Crippen LogP contribution >= 0.6 is 0 Å². The van der Waals surface area contributed by atoms with E-state index >= 15 is 0 Å². The number of nitro groups is 1. The second-order valence-electron chi connectivity index (χ2n) is 4.25. The Bertz CT molecular complexity index is 439. The Balaban J connectivity index is 2.12. The average molecular weight is 240 g/mol. The number of non-ortho nitro benzene ring substituents is 1. The van der Waals surface area contributed by atoms with Crippen molar-refractivity contribution in [1.82, 2.24) is 4.90 Å². The van der Waals surface area contributed by atoms with E-state index in [0.717, 1.165) is 12.6 Å². The number of likely N-dealkylation sites (tertiary alicyclic amines) is 1. The fourth-order valence-electron chi connectivity index (χ4n) is 2.04. The van der Waals surface area contributed by atoms with Crippen LogP contribution in [-0.2, 0) is 6.54 Å². The summed E-state index contributed by atoms with van der Waals surface area (Å²) >= 11 is 0. The minimum absolute atomic E-state index is 0.236. The maximum atomic E-state index is 13.2. The smallest absolute Gasteiger partial charge is 0.272 e. The van der Waals surface area contributed by atoms with Gasteiger partial charge in [-0.1, -0.05) is 0 Å². The minimum Gasteiger partial charge on any atom is -0.392 e. The summed E-state index contributed by atoms with van der Waals surface area (Å²) in [5.74, 6) is -0.603. The van der Waals surface area contributed by atoms with Crippen molar-refractivity contribution in [3.05, 3.63) is 39.7 Å². The number of nitro benzene ring substituents is 1. The molecule has 5 nitrogen and oxygen atoms in total. The van der Waals surface area contributed by atoms with E-state index in [1.165, 1.54) is 12.1 Å². The van der Waals surface area contributed by atoms with Crippen LogP contribution in [0.2, 0.25) is 0 Å². The number of β-amino-alcohol motifs (C(OH)–C–C–N with tert-alkyl or cyclic N) is 1. The fraction of sp³-hybridized carbons (Fsp3) is 0.455. The van der Waals surface area contributed by atoms with E-state index in [4.69, 9.17) is 0 Å². The second kappa shape index (κ2) is 4.77.